The van der Waals surface area contributed by atoms with Crippen LogP contribution in [0.2, 0.25) is 5.04 Å². The summed E-state index contributed by atoms with van der Waals surface area (Å²) >= 11 is 0. The van der Waals surface area contributed by atoms with Crippen LogP contribution in [-0.2, 0) is 20.4 Å². The molecule has 3 aromatic rings. The minimum atomic E-state index is -2.62. The summed E-state index contributed by atoms with van der Waals surface area (Å²) in [5.41, 5.74) is 0.0280. The monoisotopic (exact) mass is 510 g/mol. The lowest BCUT2D eigenvalue weighted by Gasteiger charge is -2.43. The number of aromatic nitrogens is 1. The van der Waals surface area contributed by atoms with Gasteiger partial charge in [-0.3, -0.25) is 4.79 Å². The fourth-order valence-corrected chi connectivity index (χ4v) is 8.90. The number of carbonyl (C=O) groups excluding carboxylic acids is 2. The number of oxazole rings is 1. The SMILES string of the molecule is COC(=O)C(CO)NC(=O)c1coc(CCCO[Si](c2ccccc2)(c2ccccc2)C(C)(C)C)n1. The van der Waals surface area contributed by atoms with Gasteiger partial charge in [0.2, 0.25) is 0 Å². The van der Waals surface area contributed by atoms with Gasteiger partial charge in [0, 0.05) is 13.0 Å². The van der Waals surface area contributed by atoms with Crippen LogP contribution in [0.15, 0.2) is 71.3 Å². The van der Waals surface area contributed by atoms with Crippen LogP contribution >= 0.6 is 0 Å². The third-order valence-electron chi connectivity index (χ3n) is 6.03. The molecule has 192 valence electrons. The number of aryl methyl sites for hydroxylation is 1. The van der Waals surface area contributed by atoms with Gasteiger partial charge < -0.3 is 24.0 Å². The average molecular weight is 511 g/mol. The third kappa shape index (κ3) is 6.10. The molecule has 0 bridgehead atoms. The van der Waals surface area contributed by atoms with E-state index in [-0.39, 0.29) is 10.7 Å². The Hall–Kier alpha value is -3.27. The van der Waals surface area contributed by atoms with E-state index in [1.807, 2.05) is 12.1 Å². The van der Waals surface area contributed by atoms with Gasteiger partial charge in [-0.2, -0.15) is 0 Å². The lowest BCUT2D eigenvalue weighted by Crippen LogP contribution is -2.66. The normalized spacial score (nSPS) is 12.7. The largest absolute Gasteiger partial charge is 0.467 e. The molecule has 9 heteroatoms. The topological polar surface area (TPSA) is 111 Å². The van der Waals surface area contributed by atoms with E-state index in [0.29, 0.717) is 25.3 Å². The molecule has 0 aliphatic carbocycles. The molecule has 1 aromatic heterocycles. The van der Waals surface area contributed by atoms with Gasteiger partial charge in [-0.05, 0) is 21.8 Å². The standard InChI is InChI=1S/C27H34N2O6Si/c1-27(2,3)36(20-12-7-5-8-13-20,21-14-9-6-10-15-21)35-17-11-16-24-28-23(19-34-24)25(31)29-22(18-30)26(32)33-4/h5-10,12-15,19,22,30H,11,16-18H2,1-4H3,(H,29,31). The average Bonchev–Trinajstić information content (AvgIpc) is 3.36. The van der Waals surface area contributed by atoms with Crippen LogP contribution < -0.4 is 15.7 Å². The number of hydrogen-bond acceptors (Lipinski definition) is 7. The molecule has 1 heterocycles. The predicted octanol–water partition coefficient (Wildman–Crippen LogP) is 2.45. The number of aliphatic hydroxyl groups is 1. The van der Waals surface area contributed by atoms with Crippen LogP contribution in [0.25, 0.3) is 0 Å². The molecule has 1 unspecified atom stereocenters. The van der Waals surface area contributed by atoms with Crippen LogP contribution in [0, 0.1) is 0 Å². The van der Waals surface area contributed by atoms with Gasteiger partial charge >= 0.3 is 5.97 Å². The quantitative estimate of drug-likeness (QED) is 0.232. The first-order valence-electron chi connectivity index (χ1n) is 11.9. The van der Waals surface area contributed by atoms with Crippen molar-refractivity contribution in [2.45, 2.75) is 44.7 Å². The molecule has 2 aromatic carbocycles. The van der Waals surface area contributed by atoms with Crippen LogP contribution in [0.1, 0.15) is 43.6 Å². The van der Waals surface area contributed by atoms with Crippen molar-refractivity contribution in [3.63, 3.8) is 0 Å². The second kappa shape index (κ2) is 12.1. The number of esters is 1. The number of methoxy groups -OCH3 is 1. The Balaban J connectivity index is 1.70. The summed E-state index contributed by atoms with van der Waals surface area (Å²) in [6.07, 6.45) is 2.36. The van der Waals surface area contributed by atoms with Gasteiger partial charge in [0.05, 0.1) is 13.7 Å². The maximum atomic E-state index is 12.4. The Labute approximate surface area is 212 Å². The first-order chi connectivity index (χ1) is 17.2. The molecule has 1 amide bonds. The molecule has 2 N–H and O–H groups in total. The van der Waals surface area contributed by atoms with Gasteiger partial charge in [-0.1, -0.05) is 81.4 Å². The molecule has 0 saturated carbocycles. The number of ether oxygens (including phenoxy) is 1. The van der Waals surface area contributed by atoms with E-state index in [4.69, 9.17) is 8.84 Å². The maximum absolute atomic E-state index is 12.4. The van der Waals surface area contributed by atoms with Crippen LogP contribution in [0.4, 0.5) is 0 Å². The lowest BCUT2D eigenvalue weighted by molar-refractivity contribution is -0.143. The number of rotatable bonds is 11. The number of benzene rings is 2. The maximum Gasteiger partial charge on any atom is 0.330 e. The Bertz CT molecular complexity index is 1090. The summed E-state index contributed by atoms with van der Waals surface area (Å²) in [5.74, 6) is -0.974. The zero-order valence-corrected chi connectivity index (χ0v) is 22.2. The molecule has 0 fully saturated rings. The Morgan fingerprint density at radius 3 is 2.14 bits per heavy atom. The van der Waals surface area contributed by atoms with Crippen molar-refractivity contribution in [1.82, 2.24) is 10.3 Å². The van der Waals surface area contributed by atoms with Crippen molar-refractivity contribution in [1.29, 1.82) is 0 Å². The van der Waals surface area contributed by atoms with Crippen molar-refractivity contribution in [2.24, 2.45) is 0 Å². The Morgan fingerprint density at radius 1 is 1.06 bits per heavy atom. The van der Waals surface area contributed by atoms with E-state index in [1.54, 1.807) is 0 Å². The number of hydrogen-bond donors (Lipinski definition) is 2. The highest BCUT2D eigenvalue weighted by Gasteiger charge is 2.49. The zero-order chi connectivity index (χ0) is 26.2. The molecule has 0 spiro atoms. The van der Waals surface area contributed by atoms with Crippen molar-refractivity contribution >= 4 is 30.6 Å². The summed E-state index contributed by atoms with van der Waals surface area (Å²) in [4.78, 5) is 28.2. The van der Waals surface area contributed by atoms with Gasteiger partial charge in [0.1, 0.15) is 6.26 Å². The van der Waals surface area contributed by atoms with Crippen LogP contribution in [-0.4, -0.2) is 56.6 Å². The number of carbonyl (C=O) groups is 2. The second-order valence-corrected chi connectivity index (χ2v) is 13.8. The minimum Gasteiger partial charge on any atom is -0.467 e. The highest BCUT2D eigenvalue weighted by Crippen LogP contribution is 2.36. The second-order valence-electron chi connectivity index (χ2n) is 9.47. The van der Waals surface area contributed by atoms with Crippen molar-refractivity contribution in [3.8, 4) is 0 Å². The minimum absolute atomic E-state index is 0.0280. The molecular weight excluding hydrogens is 476 g/mol. The molecule has 3 rings (SSSR count). The molecule has 0 aliphatic rings. The van der Waals surface area contributed by atoms with E-state index in [2.05, 4.69) is 84.3 Å². The fourth-order valence-electron chi connectivity index (χ4n) is 4.29. The van der Waals surface area contributed by atoms with Gasteiger partial charge in [0.25, 0.3) is 14.2 Å². The molecule has 8 nitrogen and oxygen atoms in total. The highest BCUT2D eigenvalue weighted by molar-refractivity contribution is 6.99. The summed E-state index contributed by atoms with van der Waals surface area (Å²) in [6.45, 7) is 6.60. The number of nitrogens with one attached hydrogen (secondary N) is 1. The third-order valence-corrected chi connectivity index (χ3v) is 11.1. The highest BCUT2D eigenvalue weighted by atomic mass is 28.4. The van der Waals surface area contributed by atoms with Crippen LogP contribution in [0.5, 0.6) is 0 Å². The number of nitrogens with zero attached hydrogens (tertiary/aromatic N) is 1. The smallest absolute Gasteiger partial charge is 0.330 e. The van der Waals surface area contributed by atoms with Gasteiger partial charge in [-0.15, -0.1) is 0 Å². The van der Waals surface area contributed by atoms with E-state index >= 15 is 0 Å². The van der Waals surface area contributed by atoms with E-state index < -0.39 is 32.8 Å². The van der Waals surface area contributed by atoms with Crippen molar-refractivity contribution in [3.05, 3.63) is 78.5 Å². The predicted molar refractivity (Wildman–Crippen MR) is 139 cm³/mol. The van der Waals surface area contributed by atoms with Crippen molar-refractivity contribution in [2.75, 3.05) is 20.3 Å². The van der Waals surface area contributed by atoms with E-state index in [0.717, 1.165) is 0 Å². The lowest BCUT2D eigenvalue weighted by atomic mass is 10.2. The molecule has 36 heavy (non-hydrogen) atoms. The summed E-state index contributed by atoms with van der Waals surface area (Å²) in [7, 11) is -1.44. The number of amides is 1. The number of aliphatic hydroxyl groups excluding tert-OH is 1. The van der Waals surface area contributed by atoms with Gasteiger partial charge in [-0.25, -0.2) is 9.78 Å². The first-order valence-corrected chi connectivity index (χ1v) is 13.8. The summed E-state index contributed by atoms with van der Waals surface area (Å²) in [6, 6.07) is 19.7. The van der Waals surface area contributed by atoms with E-state index in [9.17, 15) is 14.7 Å². The zero-order valence-electron chi connectivity index (χ0n) is 21.2. The molecule has 0 radical (unpaired) electrons. The molecule has 0 aliphatic heterocycles. The Kier molecular flexibility index (Phi) is 9.19. The van der Waals surface area contributed by atoms with Crippen molar-refractivity contribution < 1.29 is 28.3 Å². The fraction of sp³-hybridized carbons (Fsp3) is 0.370. The van der Waals surface area contributed by atoms with Crippen LogP contribution in [0.3, 0.4) is 0 Å². The molecular formula is C27H34N2O6Si. The summed E-state index contributed by atoms with van der Waals surface area (Å²) in [5, 5.41) is 14.0. The molecule has 0 saturated heterocycles. The Morgan fingerprint density at radius 2 is 1.64 bits per heavy atom. The summed E-state index contributed by atoms with van der Waals surface area (Å²) < 4.78 is 16.9. The van der Waals surface area contributed by atoms with Gasteiger partial charge in [0.15, 0.2) is 17.6 Å². The van der Waals surface area contributed by atoms with E-state index in [1.165, 1.54) is 23.7 Å². The molecule has 1 atom stereocenters. The first kappa shape index (κ1) is 27.3.